The molecule has 4 rings (SSSR count). The Morgan fingerprint density at radius 3 is 2.22 bits per heavy atom. The molecule has 1 aromatic rings. The average molecular weight is 539 g/mol. The fourth-order valence-corrected chi connectivity index (χ4v) is 6.81. The van der Waals surface area contributed by atoms with E-state index in [1.807, 2.05) is 12.1 Å². The van der Waals surface area contributed by atoms with Gasteiger partial charge in [0, 0.05) is 61.3 Å². The molecule has 6 heteroatoms. The monoisotopic (exact) mass is 537 g/mol. The minimum atomic E-state index is 0. The predicted octanol–water partition coefficient (Wildman–Crippen LogP) is 6.71. The first-order valence-corrected chi connectivity index (χ1v) is 14.5. The molecule has 0 unspecified atom stereocenters. The summed E-state index contributed by atoms with van der Waals surface area (Å²) in [5.74, 6) is 2.13. The van der Waals surface area contributed by atoms with Crippen LogP contribution in [0.4, 0.5) is 0 Å². The standard InChI is InChI=1S/C30H48ClN3O.ClH/c1-21(2)17-34(25-13-7-22(3)8-14-25)26-15-16-32(18-26)29(35)28-20-33(30(4,5)6)19-27(28)23-9-11-24(31)12-10-23;/h9-12,21-22,25-28H,7-8,13-20H2,1-6H3;1H/t22-,25+,26-,27-,28+;/m0./s1. The number of nitrogens with zero attached hydrogens (tertiary/aromatic N) is 3. The molecule has 1 saturated carbocycles. The molecule has 36 heavy (non-hydrogen) atoms. The highest BCUT2D eigenvalue weighted by atomic mass is 35.5. The Morgan fingerprint density at radius 2 is 1.64 bits per heavy atom. The van der Waals surface area contributed by atoms with Crippen LogP contribution in [0.2, 0.25) is 5.02 Å². The van der Waals surface area contributed by atoms with Gasteiger partial charge in [0.05, 0.1) is 5.92 Å². The van der Waals surface area contributed by atoms with Gasteiger partial charge in [-0.1, -0.05) is 44.5 Å². The van der Waals surface area contributed by atoms with Gasteiger partial charge < -0.3 is 4.90 Å². The second kappa shape index (κ2) is 12.4. The summed E-state index contributed by atoms with van der Waals surface area (Å²) in [4.78, 5) is 21.5. The van der Waals surface area contributed by atoms with E-state index in [0.29, 0.717) is 23.9 Å². The highest BCUT2D eigenvalue weighted by Gasteiger charge is 2.45. The molecule has 2 aliphatic heterocycles. The van der Waals surface area contributed by atoms with E-state index in [2.05, 4.69) is 68.4 Å². The van der Waals surface area contributed by atoms with Crippen LogP contribution in [-0.2, 0) is 4.79 Å². The predicted molar refractivity (Wildman–Crippen MR) is 154 cm³/mol. The lowest BCUT2D eigenvalue weighted by molar-refractivity contribution is -0.134. The Kier molecular flexibility index (Phi) is 10.2. The van der Waals surface area contributed by atoms with Gasteiger partial charge in [-0.25, -0.2) is 0 Å². The molecule has 1 amide bonds. The first-order chi connectivity index (χ1) is 16.5. The van der Waals surface area contributed by atoms with Crippen LogP contribution in [0, 0.1) is 17.8 Å². The molecule has 1 aliphatic carbocycles. The zero-order chi connectivity index (χ0) is 25.3. The summed E-state index contributed by atoms with van der Waals surface area (Å²) in [6.07, 6.45) is 6.45. The van der Waals surface area contributed by atoms with Crippen molar-refractivity contribution < 1.29 is 4.79 Å². The van der Waals surface area contributed by atoms with Crippen molar-refractivity contribution in [1.29, 1.82) is 0 Å². The summed E-state index contributed by atoms with van der Waals surface area (Å²) in [5.41, 5.74) is 1.30. The van der Waals surface area contributed by atoms with Crippen LogP contribution in [0.25, 0.3) is 0 Å². The van der Waals surface area contributed by atoms with Crippen molar-refractivity contribution in [2.45, 2.75) is 97.2 Å². The Labute approximate surface area is 231 Å². The molecule has 0 N–H and O–H groups in total. The Balaban J connectivity index is 0.00000361. The third-order valence-corrected chi connectivity index (χ3v) is 9.11. The van der Waals surface area contributed by atoms with Crippen molar-refractivity contribution in [3.8, 4) is 0 Å². The van der Waals surface area contributed by atoms with Gasteiger partial charge in [-0.15, -0.1) is 12.4 Å². The number of benzene rings is 1. The van der Waals surface area contributed by atoms with Crippen molar-refractivity contribution in [1.82, 2.24) is 14.7 Å². The maximum absolute atomic E-state index is 14.0. The van der Waals surface area contributed by atoms with E-state index < -0.39 is 0 Å². The summed E-state index contributed by atoms with van der Waals surface area (Å²) >= 11 is 6.19. The molecule has 2 saturated heterocycles. The number of carbonyl (C=O) groups excluding carboxylic acids is 1. The fraction of sp³-hybridized carbons (Fsp3) is 0.767. The molecular formula is C30H49Cl2N3O. The summed E-state index contributed by atoms with van der Waals surface area (Å²) in [5, 5.41) is 0.757. The maximum Gasteiger partial charge on any atom is 0.227 e. The van der Waals surface area contributed by atoms with Crippen LogP contribution < -0.4 is 0 Å². The van der Waals surface area contributed by atoms with Gasteiger partial charge in [0.1, 0.15) is 0 Å². The molecule has 2 heterocycles. The lowest BCUT2D eigenvalue weighted by Gasteiger charge is -2.41. The van der Waals surface area contributed by atoms with E-state index in [1.165, 1.54) is 31.2 Å². The number of hydrogen-bond donors (Lipinski definition) is 0. The number of hydrogen-bond acceptors (Lipinski definition) is 3. The molecule has 1 aromatic carbocycles. The van der Waals surface area contributed by atoms with E-state index in [1.54, 1.807) is 0 Å². The molecule has 204 valence electrons. The van der Waals surface area contributed by atoms with Gasteiger partial charge in [-0.3, -0.25) is 14.6 Å². The van der Waals surface area contributed by atoms with E-state index >= 15 is 0 Å². The van der Waals surface area contributed by atoms with Crippen LogP contribution >= 0.6 is 24.0 Å². The number of amides is 1. The Morgan fingerprint density at radius 1 is 1.00 bits per heavy atom. The van der Waals surface area contributed by atoms with Gasteiger partial charge in [-0.05, 0) is 82.4 Å². The zero-order valence-electron chi connectivity index (χ0n) is 23.4. The van der Waals surface area contributed by atoms with Crippen molar-refractivity contribution in [2.75, 3.05) is 32.7 Å². The molecule has 0 aromatic heterocycles. The molecule has 4 nitrogen and oxygen atoms in total. The van der Waals surface area contributed by atoms with E-state index in [0.717, 1.165) is 50.1 Å². The molecular weight excluding hydrogens is 489 g/mol. The normalized spacial score (nSPS) is 29.7. The molecule has 0 bridgehead atoms. The smallest absolute Gasteiger partial charge is 0.227 e. The third-order valence-electron chi connectivity index (χ3n) is 8.86. The Hall–Kier alpha value is -0.810. The van der Waals surface area contributed by atoms with Gasteiger partial charge in [0.2, 0.25) is 5.91 Å². The first-order valence-electron chi connectivity index (χ1n) is 14.1. The SMILES string of the molecule is CC(C)CN([C@H]1CCN(C(=O)[C@@H]2CN(C(C)(C)C)C[C@H]2c2ccc(Cl)cc2)C1)[C@H]1CC[C@@H](C)CC1.Cl. The second-order valence-electron chi connectivity index (χ2n) is 13.1. The molecule has 3 atom stereocenters. The third kappa shape index (κ3) is 6.98. The van der Waals surface area contributed by atoms with Crippen LogP contribution in [-0.4, -0.2) is 71.0 Å². The minimum absolute atomic E-state index is 0. The Bertz CT molecular complexity index is 845. The second-order valence-corrected chi connectivity index (χ2v) is 13.5. The van der Waals surface area contributed by atoms with Gasteiger partial charge >= 0.3 is 0 Å². The van der Waals surface area contributed by atoms with Crippen molar-refractivity contribution >= 4 is 29.9 Å². The van der Waals surface area contributed by atoms with Crippen LogP contribution in [0.3, 0.4) is 0 Å². The van der Waals surface area contributed by atoms with Crippen molar-refractivity contribution in [3.63, 3.8) is 0 Å². The van der Waals surface area contributed by atoms with Crippen LogP contribution in [0.1, 0.15) is 85.1 Å². The lowest BCUT2D eigenvalue weighted by atomic mass is 9.85. The summed E-state index contributed by atoms with van der Waals surface area (Å²) in [6.45, 7) is 18.6. The number of likely N-dealkylation sites (tertiary alicyclic amines) is 2. The van der Waals surface area contributed by atoms with E-state index in [-0.39, 0.29) is 29.8 Å². The first kappa shape index (κ1) is 29.7. The van der Waals surface area contributed by atoms with E-state index in [9.17, 15) is 4.79 Å². The molecule has 3 aliphatic rings. The van der Waals surface area contributed by atoms with Crippen LogP contribution in [0.5, 0.6) is 0 Å². The number of rotatable bonds is 6. The summed E-state index contributed by atoms with van der Waals surface area (Å²) < 4.78 is 0. The lowest BCUT2D eigenvalue weighted by Crippen LogP contribution is -2.48. The topological polar surface area (TPSA) is 26.8 Å². The van der Waals surface area contributed by atoms with Crippen molar-refractivity contribution in [3.05, 3.63) is 34.9 Å². The summed E-state index contributed by atoms with van der Waals surface area (Å²) in [7, 11) is 0. The largest absolute Gasteiger partial charge is 0.341 e. The number of halogens is 2. The quantitative estimate of drug-likeness (QED) is 0.403. The van der Waals surface area contributed by atoms with Crippen molar-refractivity contribution in [2.24, 2.45) is 17.8 Å². The highest BCUT2D eigenvalue weighted by Crippen LogP contribution is 2.39. The maximum atomic E-state index is 14.0. The van der Waals surface area contributed by atoms with Gasteiger partial charge in [0.25, 0.3) is 0 Å². The average Bonchev–Trinajstić information content (AvgIpc) is 3.46. The number of carbonyl (C=O) groups is 1. The highest BCUT2D eigenvalue weighted by molar-refractivity contribution is 6.30. The molecule has 0 radical (unpaired) electrons. The summed E-state index contributed by atoms with van der Waals surface area (Å²) in [6, 6.07) is 9.39. The van der Waals surface area contributed by atoms with Gasteiger partial charge in [-0.2, -0.15) is 0 Å². The fourth-order valence-electron chi connectivity index (χ4n) is 6.69. The zero-order valence-corrected chi connectivity index (χ0v) is 25.0. The van der Waals surface area contributed by atoms with E-state index in [4.69, 9.17) is 11.6 Å². The van der Waals surface area contributed by atoms with Crippen LogP contribution in [0.15, 0.2) is 24.3 Å². The molecule has 3 fully saturated rings. The minimum Gasteiger partial charge on any atom is -0.341 e. The molecule has 0 spiro atoms. The van der Waals surface area contributed by atoms with Gasteiger partial charge in [0.15, 0.2) is 0 Å².